The van der Waals surface area contributed by atoms with Crippen LogP contribution < -0.4 is 5.48 Å². The van der Waals surface area contributed by atoms with Gasteiger partial charge in [-0.25, -0.2) is 5.48 Å². The van der Waals surface area contributed by atoms with Crippen molar-refractivity contribution >= 4 is 11.8 Å². The van der Waals surface area contributed by atoms with Gasteiger partial charge in [0.1, 0.15) is 0 Å². The molecule has 2 aliphatic rings. The number of hydrogen-bond donors (Lipinski definition) is 2. The van der Waals surface area contributed by atoms with Crippen LogP contribution in [0.4, 0.5) is 0 Å². The number of nitrogens with one attached hydrogen (secondary N) is 1. The molecule has 0 bridgehead atoms. The standard InChI is InChI=1S/C21H30N2O3/c1-15-9-11-16(12-10-15)21(2)13-14-23(20(21)25)18-8-6-4-3-5-7-17(18)19(24)22-26/h9-12,17-18,26H,3-8,13-14H2,1-2H3,(H,22,24). The quantitative estimate of drug-likeness (QED) is 0.643. The van der Waals surface area contributed by atoms with E-state index in [-0.39, 0.29) is 23.8 Å². The van der Waals surface area contributed by atoms with Crippen molar-refractivity contribution in [2.45, 2.75) is 70.3 Å². The molecule has 3 atom stereocenters. The van der Waals surface area contributed by atoms with E-state index in [4.69, 9.17) is 0 Å². The molecule has 5 heteroatoms. The minimum Gasteiger partial charge on any atom is -0.338 e. The van der Waals surface area contributed by atoms with E-state index in [1.165, 1.54) is 5.56 Å². The van der Waals surface area contributed by atoms with Gasteiger partial charge in [0.05, 0.1) is 11.3 Å². The van der Waals surface area contributed by atoms with Gasteiger partial charge in [-0.2, -0.15) is 0 Å². The second kappa shape index (κ2) is 7.78. The van der Waals surface area contributed by atoms with Gasteiger partial charge in [0.15, 0.2) is 0 Å². The van der Waals surface area contributed by atoms with Crippen LogP contribution in [0.5, 0.6) is 0 Å². The Morgan fingerprint density at radius 1 is 1.15 bits per heavy atom. The van der Waals surface area contributed by atoms with Crippen LogP contribution in [0.2, 0.25) is 0 Å². The van der Waals surface area contributed by atoms with Crippen LogP contribution >= 0.6 is 0 Å². The molecule has 1 aliphatic heterocycles. The number of likely N-dealkylation sites (tertiary alicyclic amines) is 1. The zero-order valence-corrected chi connectivity index (χ0v) is 15.8. The monoisotopic (exact) mass is 358 g/mol. The van der Waals surface area contributed by atoms with Crippen molar-refractivity contribution in [1.29, 1.82) is 0 Å². The van der Waals surface area contributed by atoms with Crippen molar-refractivity contribution in [3.8, 4) is 0 Å². The van der Waals surface area contributed by atoms with Gasteiger partial charge >= 0.3 is 0 Å². The molecule has 1 aliphatic carbocycles. The first-order valence-electron chi connectivity index (χ1n) is 9.79. The lowest BCUT2D eigenvalue weighted by Crippen LogP contribution is -2.49. The zero-order valence-electron chi connectivity index (χ0n) is 15.8. The summed E-state index contributed by atoms with van der Waals surface area (Å²) < 4.78 is 0. The molecule has 1 saturated carbocycles. The van der Waals surface area contributed by atoms with Gasteiger partial charge in [0.25, 0.3) is 0 Å². The molecule has 3 unspecified atom stereocenters. The molecule has 0 aromatic heterocycles. The molecular formula is C21H30N2O3. The summed E-state index contributed by atoms with van der Waals surface area (Å²) in [6.45, 7) is 4.73. The fourth-order valence-corrected chi connectivity index (χ4v) is 4.60. The Labute approximate surface area is 155 Å². The van der Waals surface area contributed by atoms with Gasteiger partial charge in [-0.15, -0.1) is 0 Å². The molecule has 2 fully saturated rings. The third-order valence-electron chi connectivity index (χ3n) is 6.35. The summed E-state index contributed by atoms with van der Waals surface area (Å²) in [6.07, 6.45) is 6.55. The highest BCUT2D eigenvalue weighted by Gasteiger charge is 2.48. The summed E-state index contributed by atoms with van der Waals surface area (Å²) >= 11 is 0. The van der Waals surface area contributed by atoms with E-state index in [2.05, 4.69) is 0 Å². The largest absolute Gasteiger partial charge is 0.338 e. The van der Waals surface area contributed by atoms with E-state index < -0.39 is 5.41 Å². The minimum atomic E-state index is -0.531. The Morgan fingerprint density at radius 3 is 2.46 bits per heavy atom. The molecule has 1 heterocycles. The van der Waals surface area contributed by atoms with E-state index in [0.29, 0.717) is 6.54 Å². The van der Waals surface area contributed by atoms with E-state index in [1.807, 2.05) is 48.5 Å². The molecule has 5 nitrogen and oxygen atoms in total. The predicted molar refractivity (Wildman–Crippen MR) is 99.8 cm³/mol. The topological polar surface area (TPSA) is 69.6 Å². The maximum atomic E-state index is 13.4. The smallest absolute Gasteiger partial charge is 0.248 e. The van der Waals surface area contributed by atoms with Crippen molar-refractivity contribution in [3.63, 3.8) is 0 Å². The first-order valence-corrected chi connectivity index (χ1v) is 9.79. The SMILES string of the molecule is Cc1ccc(C2(C)CCN(C3CCCCCCC3C(=O)NO)C2=O)cc1. The summed E-state index contributed by atoms with van der Waals surface area (Å²) in [4.78, 5) is 27.6. The Morgan fingerprint density at radius 2 is 1.81 bits per heavy atom. The van der Waals surface area contributed by atoms with Crippen LogP contribution in [0, 0.1) is 12.8 Å². The van der Waals surface area contributed by atoms with Crippen molar-refractivity contribution in [2.24, 2.45) is 5.92 Å². The Kier molecular flexibility index (Phi) is 5.66. The normalized spacial score (nSPS) is 30.0. The molecule has 0 radical (unpaired) electrons. The third kappa shape index (κ3) is 3.50. The first kappa shape index (κ1) is 18.9. The highest BCUT2D eigenvalue weighted by atomic mass is 16.5. The van der Waals surface area contributed by atoms with Gasteiger partial charge < -0.3 is 4.90 Å². The van der Waals surface area contributed by atoms with Crippen molar-refractivity contribution in [3.05, 3.63) is 35.4 Å². The lowest BCUT2D eigenvalue weighted by Gasteiger charge is -2.36. The van der Waals surface area contributed by atoms with Crippen molar-refractivity contribution in [1.82, 2.24) is 10.4 Å². The second-order valence-corrected chi connectivity index (χ2v) is 8.09. The number of benzene rings is 1. The Hall–Kier alpha value is -1.88. The first-order chi connectivity index (χ1) is 12.5. The second-order valence-electron chi connectivity index (χ2n) is 8.09. The van der Waals surface area contributed by atoms with Gasteiger partial charge in [-0.1, -0.05) is 55.5 Å². The molecule has 0 spiro atoms. The van der Waals surface area contributed by atoms with E-state index in [9.17, 15) is 14.8 Å². The summed E-state index contributed by atoms with van der Waals surface area (Å²) in [6, 6.07) is 8.07. The molecule has 1 aromatic carbocycles. The summed E-state index contributed by atoms with van der Waals surface area (Å²) in [7, 11) is 0. The number of aryl methyl sites for hydroxylation is 1. The zero-order chi connectivity index (χ0) is 18.7. The Bertz CT molecular complexity index is 658. The summed E-state index contributed by atoms with van der Waals surface area (Å²) in [5.41, 5.74) is 3.53. The number of amides is 2. The number of carbonyl (C=O) groups is 2. The van der Waals surface area contributed by atoms with Gasteiger partial charge in [-0.05, 0) is 38.7 Å². The van der Waals surface area contributed by atoms with Crippen LogP contribution in [0.1, 0.15) is 63.0 Å². The van der Waals surface area contributed by atoms with Crippen LogP contribution in [-0.2, 0) is 15.0 Å². The minimum absolute atomic E-state index is 0.114. The van der Waals surface area contributed by atoms with Crippen LogP contribution in [-0.4, -0.2) is 34.5 Å². The molecule has 3 rings (SSSR count). The fourth-order valence-electron chi connectivity index (χ4n) is 4.60. The number of hydroxylamine groups is 1. The average molecular weight is 358 g/mol. The van der Waals surface area contributed by atoms with Crippen molar-refractivity contribution < 1.29 is 14.8 Å². The maximum absolute atomic E-state index is 13.4. The molecule has 1 saturated heterocycles. The number of nitrogens with zero attached hydrogens (tertiary/aromatic N) is 1. The molecule has 2 N–H and O–H groups in total. The molecule has 142 valence electrons. The van der Waals surface area contributed by atoms with E-state index >= 15 is 0 Å². The highest BCUT2D eigenvalue weighted by Crippen LogP contribution is 2.39. The van der Waals surface area contributed by atoms with Gasteiger partial charge in [0, 0.05) is 12.6 Å². The molecule has 2 amide bonds. The van der Waals surface area contributed by atoms with Crippen molar-refractivity contribution in [2.75, 3.05) is 6.54 Å². The number of carbonyl (C=O) groups excluding carboxylic acids is 2. The summed E-state index contributed by atoms with van der Waals surface area (Å²) in [5.74, 6) is -0.569. The van der Waals surface area contributed by atoms with Gasteiger partial charge in [-0.3, -0.25) is 14.8 Å². The summed E-state index contributed by atoms with van der Waals surface area (Å²) in [5, 5.41) is 9.18. The van der Waals surface area contributed by atoms with Crippen LogP contribution in [0.25, 0.3) is 0 Å². The molecule has 26 heavy (non-hydrogen) atoms. The average Bonchev–Trinajstić information content (AvgIpc) is 2.91. The highest BCUT2D eigenvalue weighted by molar-refractivity contribution is 5.91. The third-order valence-corrected chi connectivity index (χ3v) is 6.35. The van der Waals surface area contributed by atoms with Gasteiger partial charge in [0.2, 0.25) is 11.8 Å². The lowest BCUT2D eigenvalue weighted by molar-refractivity contribution is -0.141. The number of rotatable bonds is 3. The van der Waals surface area contributed by atoms with Crippen LogP contribution in [0.3, 0.4) is 0 Å². The van der Waals surface area contributed by atoms with E-state index in [1.54, 1.807) is 0 Å². The number of hydrogen-bond acceptors (Lipinski definition) is 3. The molecular weight excluding hydrogens is 328 g/mol. The van der Waals surface area contributed by atoms with E-state index in [0.717, 1.165) is 50.5 Å². The Balaban J connectivity index is 1.86. The maximum Gasteiger partial charge on any atom is 0.248 e. The molecule has 1 aromatic rings. The lowest BCUT2D eigenvalue weighted by atomic mass is 9.80. The fraction of sp³-hybridized carbons (Fsp3) is 0.619. The predicted octanol–water partition coefficient (Wildman–Crippen LogP) is 3.33. The van der Waals surface area contributed by atoms with Crippen LogP contribution in [0.15, 0.2) is 24.3 Å².